The van der Waals surface area contributed by atoms with E-state index in [4.69, 9.17) is 15.2 Å². The van der Waals surface area contributed by atoms with E-state index in [0.29, 0.717) is 45.8 Å². The minimum absolute atomic E-state index is 0.385. The molecule has 1 atom stereocenters. The molecule has 148 valence electrons. The van der Waals surface area contributed by atoms with Gasteiger partial charge in [-0.2, -0.15) is 4.98 Å². The molecular weight excluding hydrogens is 372 g/mol. The topological polar surface area (TPSA) is 117 Å². The van der Waals surface area contributed by atoms with Crippen molar-refractivity contribution in [1.29, 1.82) is 0 Å². The molecule has 4 rings (SSSR count). The van der Waals surface area contributed by atoms with Gasteiger partial charge in [0.25, 0.3) is 0 Å². The number of ether oxygens (including phenoxy) is 2. The summed E-state index contributed by atoms with van der Waals surface area (Å²) in [5.41, 5.74) is 8.03. The van der Waals surface area contributed by atoms with Gasteiger partial charge in [-0.3, -0.25) is 9.78 Å². The van der Waals surface area contributed by atoms with E-state index in [1.54, 1.807) is 44.2 Å². The number of anilines is 1. The highest BCUT2D eigenvalue weighted by atomic mass is 16.5. The number of pyridine rings is 1. The van der Waals surface area contributed by atoms with E-state index >= 15 is 0 Å². The van der Waals surface area contributed by atoms with Crippen molar-refractivity contribution in [3.05, 3.63) is 59.6 Å². The number of hydrogen-bond donors (Lipinski definition) is 2. The first-order valence-corrected chi connectivity index (χ1v) is 8.90. The number of primary amides is 1. The molecular formula is C20H20N6O3. The van der Waals surface area contributed by atoms with Crippen molar-refractivity contribution in [2.24, 2.45) is 5.73 Å². The molecule has 1 aromatic carbocycles. The van der Waals surface area contributed by atoms with Gasteiger partial charge < -0.3 is 20.5 Å². The number of methoxy groups -OCH3 is 2. The second-order valence-electron chi connectivity index (χ2n) is 6.49. The summed E-state index contributed by atoms with van der Waals surface area (Å²) in [5, 5.41) is 7.76. The van der Waals surface area contributed by atoms with Crippen LogP contribution >= 0.6 is 0 Å². The van der Waals surface area contributed by atoms with Crippen LogP contribution in [-0.4, -0.2) is 39.9 Å². The second kappa shape index (κ2) is 7.27. The lowest BCUT2D eigenvalue weighted by Crippen LogP contribution is -2.32. The number of rotatable bonds is 5. The number of nitrogens with zero attached hydrogens (tertiary/aromatic N) is 4. The van der Waals surface area contributed by atoms with Gasteiger partial charge in [-0.1, -0.05) is 6.07 Å². The Bertz CT molecular complexity index is 1080. The average Bonchev–Trinajstić information content (AvgIpc) is 3.16. The van der Waals surface area contributed by atoms with Crippen molar-refractivity contribution in [1.82, 2.24) is 19.7 Å². The van der Waals surface area contributed by atoms with Gasteiger partial charge in [0, 0.05) is 23.5 Å². The minimum atomic E-state index is -0.585. The maximum Gasteiger partial charge on any atom is 0.248 e. The summed E-state index contributed by atoms with van der Waals surface area (Å²) in [6.07, 6.45) is 1.66. The largest absolute Gasteiger partial charge is 0.497 e. The van der Waals surface area contributed by atoms with E-state index < -0.39 is 11.9 Å². The fraction of sp³-hybridized carbons (Fsp3) is 0.200. The van der Waals surface area contributed by atoms with E-state index in [0.717, 1.165) is 0 Å². The van der Waals surface area contributed by atoms with Crippen LogP contribution in [0.1, 0.15) is 18.7 Å². The van der Waals surface area contributed by atoms with Crippen LogP contribution < -0.4 is 20.5 Å². The molecule has 0 saturated heterocycles. The van der Waals surface area contributed by atoms with Crippen molar-refractivity contribution >= 4 is 11.9 Å². The van der Waals surface area contributed by atoms with Gasteiger partial charge in [0.1, 0.15) is 17.5 Å². The smallest absolute Gasteiger partial charge is 0.248 e. The predicted molar refractivity (Wildman–Crippen MR) is 106 cm³/mol. The molecule has 1 aliphatic heterocycles. The molecule has 3 N–H and O–H groups in total. The van der Waals surface area contributed by atoms with Crippen molar-refractivity contribution in [3.63, 3.8) is 0 Å². The second-order valence-corrected chi connectivity index (χ2v) is 6.49. The zero-order chi connectivity index (χ0) is 20.5. The summed E-state index contributed by atoms with van der Waals surface area (Å²) in [6.45, 7) is 1.78. The highest BCUT2D eigenvalue weighted by Gasteiger charge is 2.34. The Hall–Kier alpha value is -3.88. The summed E-state index contributed by atoms with van der Waals surface area (Å²) >= 11 is 0. The van der Waals surface area contributed by atoms with Crippen LogP contribution in [0.25, 0.3) is 11.4 Å². The standard InChI is InChI=1S/C20H20N6O3/c1-11-16(18(21)27)17(15-6-4-5-7-22-15)26-20(23-11)24-19(25-26)12-8-13(28-2)10-14(9-12)29-3/h4-10,17H,1-3H3,(H2,21,27)(H,23,24,25)/t17-/m1/s1. The molecule has 9 nitrogen and oxygen atoms in total. The van der Waals surface area contributed by atoms with Crippen LogP contribution in [-0.2, 0) is 4.79 Å². The van der Waals surface area contributed by atoms with Gasteiger partial charge in [0.15, 0.2) is 5.82 Å². The first-order chi connectivity index (χ1) is 14.0. The lowest BCUT2D eigenvalue weighted by Gasteiger charge is -2.26. The number of carbonyl (C=O) groups excluding carboxylic acids is 1. The molecule has 3 aromatic rings. The van der Waals surface area contributed by atoms with Crippen LogP contribution in [0, 0.1) is 0 Å². The van der Waals surface area contributed by atoms with Crippen LogP contribution in [0.15, 0.2) is 53.9 Å². The van der Waals surface area contributed by atoms with Crippen molar-refractivity contribution < 1.29 is 14.3 Å². The van der Waals surface area contributed by atoms with Crippen LogP contribution in [0.3, 0.4) is 0 Å². The third-order valence-corrected chi connectivity index (χ3v) is 4.70. The zero-order valence-corrected chi connectivity index (χ0v) is 16.2. The van der Waals surface area contributed by atoms with E-state index in [-0.39, 0.29) is 0 Å². The lowest BCUT2D eigenvalue weighted by molar-refractivity contribution is -0.115. The predicted octanol–water partition coefficient (Wildman–Crippen LogP) is 2.13. The van der Waals surface area contributed by atoms with Gasteiger partial charge in [-0.05, 0) is 31.2 Å². The Kier molecular flexibility index (Phi) is 4.63. The van der Waals surface area contributed by atoms with Gasteiger partial charge in [0.05, 0.1) is 25.5 Å². The quantitative estimate of drug-likeness (QED) is 0.683. The summed E-state index contributed by atoms with van der Waals surface area (Å²) in [6, 6.07) is 10.3. The van der Waals surface area contributed by atoms with Gasteiger partial charge >= 0.3 is 0 Å². The Morgan fingerprint density at radius 3 is 2.48 bits per heavy atom. The SMILES string of the molecule is COc1cc(OC)cc(-c2nc3n(n2)[C@H](c2ccccn2)C(C(N)=O)=C(C)N3)c1. The zero-order valence-electron chi connectivity index (χ0n) is 16.2. The number of allylic oxidation sites excluding steroid dienone is 1. The van der Waals surface area contributed by atoms with Gasteiger partial charge in [0.2, 0.25) is 11.9 Å². The first-order valence-electron chi connectivity index (χ1n) is 8.90. The number of benzene rings is 1. The number of aromatic nitrogens is 4. The van der Waals surface area contributed by atoms with Crippen molar-refractivity contribution in [2.45, 2.75) is 13.0 Å². The molecule has 0 spiro atoms. The average molecular weight is 392 g/mol. The first kappa shape index (κ1) is 18.5. The highest BCUT2D eigenvalue weighted by Crippen LogP contribution is 2.36. The van der Waals surface area contributed by atoms with E-state index in [1.807, 2.05) is 24.3 Å². The number of nitrogens with one attached hydrogen (secondary N) is 1. The van der Waals surface area contributed by atoms with Crippen molar-refractivity contribution in [3.8, 4) is 22.9 Å². The van der Waals surface area contributed by atoms with E-state index in [1.165, 1.54) is 0 Å². The van der Waals surface area contributed by atoms with Crippen LogP contribution in [0.5, 0.6) is 11.5 Å². The molecule has 9 heteroatoms. The number of hydrogen-bond acceptors (Lipinski definition) is 7. The summed E-state index contributed by atoms with van der Waals surface area (Å²) in [5.74, 6) is 1.63. The third-order valence-electron chi connectivity index (χ3n) is 4.70. The Labute approximate surface area is 167 Å². The normalized spacial score (nSPS) is 15.5. The molecule has 1 amide bonds. The van der Waals surface area contributed by atoms with E-state index in [2.05, 4.69) is 20.4 Å². The monoisotopic (exact) mass is 392 g/mol. The molecule has 2 aromatic heterocycles. The summed E-state index contributed by atoms with van der Waals surface area (Å²) in [7, 11) is 3.16. The molecule has 0 radical (unpaired) electrons. The lowest BCUT2D eigenvalue weighted by atomic mass is 9.99. The fourth-order valence-electron chi connectivity index (χ4n) is 3.34. The third kappa shape index (κ3) is 3.27. The molecule has 0 aliphatic carbocycles. The van der Waals surface area contributed by atoms with Crippen LogP contribution in [0.4, 0.5) is 5.95 Å². The van der Waals surface area contributed by atoms with E-state index in [9.17, 15) is 4.79 Å². The molecule has 0 fully saturated rings. The summed E-state index contributed by atoms with van der Waals surface area (Å²) < 4.78 is 12.3. The molecule has 1 aliphatic rings. The fourth-order valence-corrected chi connectivity index (χ4v) is 3.34. The molecule has 0 saturated carbocycles. The number of fused-ring (bicyclic) bond motifs is 1. The molecule has 29 heavy (non-hydrogen) atoms. The summed E-state index contributed by atoms with van der Waals surface area (Å²) in [4.78, 5) is 21.2. The molecule has 0 bridgehead atoms. The van der Waals surface area contributed by atoms with Gasteiger partial charge in [-0.15, -0.1) is 5.10 Å². The minimum Gasteiger partial charge on any atom is -0.497 e. The Morgan fingerprint density at radius 1 is 1.17 bits per heavy atom. The molecule has 0 unspecified atom stereocenters. The van der Waals surface area contributed by atoms with Gasteiger partial charge in [-0.25, -0.2) is 4.68 Å². The van der Waals surface area contributed by atoms with Crippen LogP contribution in [0.2, 0.25) is 0 Å². The number of carbonyl (C=O) groups is 1. The molecule has 3 heterocycles. The maximum absolute atomic E-state index is 12.2. The highest BCUT2D eigenvalue weighted by molar-refractivity contribution is 5.95. The van der Waals surface area contributed by atoms with Crippen molar-refractivity contribution in [2.75, 3.05) is 19.5 Å². The number of amides is 1. The Balaban J connectivity index is 1.87. The maximum atomic E-state index is 12.2. The number of nitrogens with two attached hydrogens (primary N) is 1. The Morgan fingerprint density at radius 2 is 1.90 bits per heavy atom.